The number of aryl methyl sites for hydroxylation is 3. The zero-order valence-electron chi connectivity index (χ0n) is 15.7. The molecule has 1 aliphatic carbocycles. The van der Waals surface area contributed by atoms with E-state index < -0.39 is 5.60 Å². The minimum Gasteiger partial charge on any atom is -0.384 e. The van der Waals surface area contributed by atoms with Gasteiger partial charge in [-0.2, -0.15) is 9.59 Å². The number of anilines is 1. The van der Waals surface area contributed by atoms with Crippen LogP contribution in [0.4, 0.5) is 5.82 Å². The van der Waals surface area contributed by atoms with Gasteiger partial charge in [0.15, 0.2) is 0 Å². The molecule has 1 aliphatic rings. The van der Waals surface area contributed by atoms with Crippen LogP contribution in [-0.4, -0.2) is 21.2 Å². The molecule has 3 aromatic rings. The Bertz CT molecular complexity index is 1020. The number of aromatic nitrogens is 2. The molecule has 0 aliphatic heterocycles. The monoisotopic (exact) mass is 395 g/mol. The molecule has 1 aromatic carbocycles. The predicted octanol–water partition coefficient (Wildman–Crippen LogP) is 3.39. The van der Waals surface area contributed by atoms with E-state index in [1.165, 1.54) is 22.5 Å². The van der Waals surface area contributed by atoms with Crippen LogP contribution in [0.5, 0.6) is 0 Å². The van der Waals surface area contributed by atoms with Gasteiger partial charge in [0.2, 0.25) is 0 Å². The van der Waals surface area contributed by atoms with Crippen molar-refractivity contribution in [3.63, 3.8) is 0 Å². The second kappa shape index (κ2) is 8.02. The standard InChI is InChI=1S/C20H21N3OS.CO2/c1-12-5-6-15-14(8-12)4-3-7-20(15,24)19-22-11-17(25-19)16-9-13(2)10-18(21)23-16;2-1-3/h5-6,8-11,24H,3-4,7H2,1-2H3,(H2,21,23);. The van der Waals surface area contributed by atoms with Gasteiger partial charge in [-0.05, 0) is 61.9 Å². The van der Waals surface area contributed by atoms with Crippen LogP contribution < -0.4 is 5.73 Å². The second-order valence-electron chi connectivity index (χ2n) is 6.94. The number of benzene rings is 1. The van der Waals surface area contributed by atoms with E-state index in [1.54, 1.807) is 6.20 Å². The smallest absolute Gasteiger partial charge is 0.373 e. The fourth-order valence-electron chi connectivity index (χ4n) is 3.63. The van der Waals surface area contributed by atoms with Crippen molar-refractivity contribution < 1.29 is 14.7 Å². The van der Waals surface area contributed by atoms with Gasteiger partial charge in [-0.15, -0.1) is 11.3 Å². The summed E-state index contributed by atoms with van der Waals surface area (Å²) in [5.41, 5.74) is 10.2. The third kappa shape index (κ3) is 3.87. The van der Waals surface area contributed by atoms with Crippen molar-refractivity contribution in [1.82, 2.24) is 9.97 Å². The number of carbonyl (C=O) groups excluding carboxylic acids is 2. The summed E-state index contributed by atoms with van der Waals surface area (Å²) in [6.45, 7) is 4.08. The van der Waals surface area contributed by atoms with Crippen molar-refractivity contribution in [3.05, 3.63) is 63.8 Å². The molecule has 2 aromatic heterocycles. The van der Waals surface area contributed by atoms with Gasteiger partial charge in [0.05, 0.1) is 10.6 Å². The fraction of sp³-hybridized carbons (Fsp3) is 0.286. The van der Waals surface area contributed by atoms with E-state index in [9.17, 15) is 5.11 Å². The van der Waals surface area contributed by atoms with Crippen LogP contribution >= 0.6 is 11.3 Å². The number of pyridine rings is 1. The summed E-state index contributed by atoms with van der Waals surface area (Å²) in [6, 6.07) is 10.1. The Hall–Kier alpha value is -2.86. The Morgan fingerprint density at radius 2 is 1.93 bits per heavy atom. The van der Waals surface area contributed by atoms with Gasteiger partial charge >= 0.3 is 6.15 Å². The Morgan fingerprint density at radius 3 is 2.64 bits per heavy atom. The first kappa shape index (κ1) is 19.9. The number of nitrogen functional groups attached to an aromatic ring is 1. The summed E-state index contributed by atoms with van der Waals surface area (Å²) in [5, 5.41) is 12.2. The highest BCUT2D eigenvalue weighted by molar-refractivity contribution is 7.15. The largest absolute Gasteiger partial charge is 0.384 e. The summed E-state index contributed by atoms with van der Waals surface area (Å²) in [7, 11) is 0. The van der Waals surface area contributed by atoms with Crippen LogP contribution in [0.3, 0.4) is 0 Å². The van der Waals surface area contributed by atoms with Crippen LogP contribution in [0.15, 0.2) is 36.5 Å². The lowest BCUT2D eigenvalue weighted by atomic mass is 9.79. The van der Waals surface area contributed by atoms with E-state index >= 15 is 0 Å². The molecule has 0 saturated heterocycles. The molecule has 7 heteroatoms. The lowest BCUT2D eigenvalue weighted by Gasteiger charge is -2.33. The molecule has 6 nitrogen and oxygen atoms in total. The number of thiazole rings is 1. The molecule has 0 spiro atoms. The topological polar surface area (TPSA) is 106 Å². The first-order chi connectivity index (χ1) is 13.4. The van der Waals surface area contributed by atoms with Gasteiger partial charge in [-0.25, -0.2) is 9.97 Å². The zero-order chi connectivity index (χ0) is 20.3. The van der Waals surface area contributed by atoms with Crippen LogP contribution in [-0.2, 0) is 21.6 Å². The molecule has 2 heterocycles. The summed E-state index contributed by atoms with van der Waals surface area (Å²) < 4.78 is 0. The lowest BCUT2D eigenvalue weighted by molar-refractivity contribution is -0.191. The van der Waals surface area contributed by atoms with Gasteiger partial charge in [-0.1, -0.05) is 23.8 Å². The molecule has 0 fully saturated rings. The third-order valence-corrected chi connectivity index (χ3v) is 5.96. The van der Waals surface area contributed by atoms with E-state index in [0.717, 1.165) is 39.5 Å². The molecule has 0 bridgehead atoms. The van der Waals surface area contributed by atoms with E-state index in [1.807, 2.05) is 25.1 Å². The van der Waals surface area contributed by atoms with E-state index in [-0.39, 0.29) is 6.15 Å². The molecule has 4 rings (SSSR count). The fourth-order valence-corrected chi connectivity index (χ4v) is 4.64. The molecule has 3 N–H and O–H groups in total. The molecule has 1 atom stereocenters. The van der Waals surface area contributed by atoms with Gasteiger partial charge in [-0.3, -0.25) is 0 Å². The molecular formula is C21H21N3O3S. The molecular weight excluding hydrogens is 374 g/mol. The van der Waals surface area contributed by atoms with Gasteiger partial charge in [0, 0.05) is 6.20 Å². The Labute approximate surface area is 167 Å². The first-order valence-electron chi connectivity index (χ1n) is 8.90. The molecule has 0 radical (unpaired) electrons. The van der Waals surface area contributed by atoms with Crippen molar-refractivity contribution in [2.75, 3.05) is 5.73 Å². The Balaban J connectivity index is 0.000000706. The van der Waals surface area contributed by atoms with Gasteiger partial charge in [0.25, 0.3) is 0 Å². The minimum atomic E-state index is -1.01. The van der Waals surface area contributed by atoms with Crippen LogP contribution in [0.2, 0.25) is 0 Å². The summed E-state index contributed by atoms with van der Waals surface area (Å²) in [5.74, 6) is 0.502. The second-order valence-corrected chi connectivity index (χ2v) is 7.97. The Morgan fingerprint density at radius 1 is 1.18 bits per heavy atom. The maximum atomic E-state index is 11.5. The highest BCUT2D eigenvalue weighted by Gasteiger charge is 2.38. The SMILES string of the molecule is Cc1cc(N)nc(-c2cnc(C3(O)CCCc4cc(C)ccc43)s2)c1.O=C=O. The van der Waals surface area contributed by atoms with Gasteiger partial charge in [0.1, 0.15) is 16.4 Å². The van der Waals surface area contributed by atoms with E-state index in [4.69, 9.17) is 15.3 Å². The normalized spacial score (nSPS) is 17.8. The summed E-state index contributed by atoms with van der Waals surface area (Å²) in [6.07, 6.45) is 4.70. The minimum absolute atomic E-state index is 0.250. The zero-order valence-corrected chi connectivity index (χ0v) is 16.5. The average molecular weight is 395 g/mol. The third-order valence-electron chi connectivity index (χ3n) is 4.79. The van der Waals surface area contributed by atoms with Gasteiger partial charge < -0.3 is 10.8 Å². The van der Waals surface area contributed by atoms with Crippen LogP contribution in [0.25, 0.3) is 10.6 Å². The first-order valence-corrected chi connectivity index (χ1v) is 9.71. The number of hydrogen-bond donors (Lipinski definition) is 2. The van der Waals surface area contributed by atoms with E-state index in [0.29, 0.717) is 12.2 Å². The van der Waals surface area contributed by atoms with Crippen molar-refractivity contribution in [1.29, 1.82) is 0 Å². The number of nitrogens with two attached hydrogens (primary N) is 1. The Kier molecular flexibility index (Phi) is 5.70. The highest BCUT2D eigenvalue weighted by atomic mass is 32.1. The molecule has 1 unspecified atom stereocenters. The maximum absolute atomic E-state index is 11.5. The van der Waals surface area contributed by atoms with Crippen LogP contribution in [0.1, 0.15) is 40.1 Å². The van der Waals surface area contributed by atoms with Crippen molar-refractivity contribution in [3.8, 4) is 10.6 Å². The summed E-state index contributed by atoms with van der Waals surface area (Å²) in [4.78, 5) is 26.1. The van der Waals surface area contributed by atoms with Crippen molar-refractivity contribution in [2.24, 2.45) is 0 Å². The molecule has 0 saturated carbocycles. The number of hydrogen-bond acceptors (Lipinski definition) is 7. The van der Waals surface area contributed by atoms with E-state index in [2.05, 4.69) is 29.0 Å². The molecule has 28 heavy (non-hydrogen) atoms. The highest BCUT2D eigenvalue weighted by Crippen LogP contribution is 2.43. The average Bonchev–Trinajstić information content (AvgIpc) is 3.12. The van der Waals surface area contributed by atoms with Crippen LogP contribution in [0, 0.1) is 13.8 Å². The number of nitrogens with zero attached hydrogens (tertiary/aromatic N) is 2. The number of fused-ring (bicyclic) bond motifs is 1. The maximum Gasteiger partial charge on any atom is 0.373 e. The number of aliphatic hydroxyl groups is 1. The van der Waals surface area contributed by atoms with Crippen molar-refractivity contribution in [2.45, 2.75) is 38.7 Å². The predicted molar refractivity (Wildman–Crippen MR) is 107 cm³/mol. The summed E-state index contributed by atoms with van der Waals surface area (Å²) >= 11 is 1.50. The molecule has 0 amide bonds. The number of rotatable bonds is 2. The lowest BCUT2D eigenvalue weighted by Crippen LogP contribution is -2.31. The van der Waals surface area contributed by atoms with Crippen molar-refractivity contribution >= 4 is 23.3 Å². The quantitative estimate of drug-likeness (QED) is 0.689. The molecule has 144 valence electrons.